The average Bonchev–Trinajstić information content (AvgIpc) is 2.45. The summed E-state index contributed by atoms with van der Waals surface area (Å²) < 4.78 is 4.87. The molecule has 2 N–H and O–H groups in total. The van der Waals surface area contributed by atoms with Crippen molar-refractivity contribution < 1.29 is 19.2 Å². The molecule has 15 heavy (non-hydrogen) atoms. The first-order valence-electron chi connectivity index (χ1n) is 4.40. The van der Waals surface area contributed by atoms with Crippen molar-refractivity contribution in [3.05, 3.63) is 17.0 Å². The highest BCUT2D eigenvalue weighted by molar-refractivity contribution is 5.90. The van der Waals surface area contributed by atoms with E-state index in [1.54, 1.807) is 6.92 Å². The molecule has 0 aromatic carbocycles. The maximum absolute atomic E-state index is 10.9. The van der Waals surface area contributed by atoms with Crippen molar-refractivity contribution in [2.24, 2.45) is 0 Å². The van der Waals surface area contributed by atoms with Crippen LogP contribution < -0.4 is 5.32 Å². The lowest BCUT2D eigenvalue weighted by Crippen LogP contribution is -2.24. The number of carboxylic acid groups (broad SMARTS) is 1. The van der Waals surface area contributed by atoms with E-state index in [1.165, 1.54) is 13.8 Å². The summed E-state index contributed by atoms with van der Waals surface area (Å²) in [5.74, 6) is -1.20. The first-order valence-corrected chi connectivity index (χ1v) is 4.40. The van der Waals surface area contributed by atoms with Crippen molar-refractivity contribution in [3.8, 4) is 0 Å². The molecule has 0 fully saturated rings. The van der Waals surface area contributed by atoms with Gasteiger partial charge < -0.3 is 14.9 Å². The maximum atomic E-state index is 10.9. The van der Waals surface area contributed by atoms with Gasteiger partial charge in [-0.2, -0.15) is 0 Å². The minimum absolute atomic E-state index is 0.0104. The fraction of sp³-hybridized carbons (Fsp3) is 0.444. The van der Waals surface area contributed by atoms with Crippen LogP contribution in [-0.4, -0.2) is 22.1 Å². The number of nitrogens with one attached hydrogen (secondary N) is 1. The van der Waals surface area contributed by atoms with E-state index in [0.29, 0.717) is 5.69 Å². The van der Waals surface area contributed by atoms with E-state index in [2.05, 4.69) is 10.5 Å². The summed E-state index contributed by atoms with van der Waals surface area (Å²) in [6.07, 6.45) is 0. The Balaban J connectivity index is 3.03. The zero-order valence-electron chi connectivity index (χ0n) is 8.70. The summed E-state index contributed by atoms with van der Waals surface area (Å²) in [4.78, 5) is 21.7. The van der Waals surface area contributed by atoms with Crippen LogP contribution in [0.15, 0.2) is 4.52 Å². The lowest BCUT2D eigenvalue weighted by Gasteiger charge is -2.09. The Morgan fingerprint density at radius 3 is 2.60 bits per heavy atom. The minimum Gasteiger partial charge on any atom is -0.477 e. The van der Waals surface area contributed by atoms with Crippen LogP contribution in [0.25, 0.3) is 0 Å². The SMILES string of the molecule is CC(=O)N[C@H](C)c1onc(C)c1C(=O)O. The van der Waals surface area contributed by atoms with Gasteiger partial charge in [0.05, 0.1) is 11.7 Å². The third-order valence-electron chi connectivity index (χ3n) is 1.92. The molecule has 1 rings (SSSR count). The molecule has 0 saturated carbocycles. The molecule has 0 aliphatic heterocycles. The molecular weight excluding hydrogens is 200 g/mol. The van der Waals surface area contributed by atoms with E-state index >= 15 is 0 Å². The van der Waals surface area contributed by atoms with Crippen LogP contribution in [0.1, 0.15) is 41.7 Å². The van der Waals surface area contributed by atoms with E-state index in [4.69, 9.17) is 9.63 Å². The van der Waals surface area contributed by atoms with Gasteiger partial charge in [-0.1, -0.05) is 5.16 Å². The number of hydrogen-bond acceptors (Lipinski definition) is 4. The second kappa shape index (κ2) is 4.12. The molecule has 1 atom stereocenters. The standard InChI is InChI=1S/C9H12N2O4/c1-4-7(9(13)14)8(15-11-4)5(2)10-6(3)12/h5H,1-3H3,(H,10,12)(H,13,14)/t5-/m1/s1. The van der Waals surface area contributed by atoms with Crippen LogP contribution in [-0.2, 0) is 4.79 Å². The summed E-state index contributed by atoms with van der Waals surface area (Å²) in [7, 11) is 0. The third kappa shape index (κ3) is 2.34. The van der Waals surface area contributed by atoms with Crippen LogP contribution in [0.2, 0.25) is 0 Å². The van der Waals surface area contributed by atoms with Gasteiger partial charge in [-0.15, -0.1) is 0 Å². The average molecular weight is 212 g/mol. The normalized spacial score (nSPS) is 12.2. The van der Waals surface area contributed by atoms with Gasteiger partial charge in [-0.25, -0.2) is 4.79 Å². The van der Waals surface area contributed by atoms with Gasteiger partial charge in [0.25, 0.3) is 0 Å². The zero-order chi connectivity index (χ0) is 11.6. The molecule has 1 amide bonds. The predicted octanol–water partition coefficient (Wildman–Crippen LogP) is 0.878. The van der Waals surface area contributed by atoms with Crippen LogP contribution in [0.5, 0.6) is 0 Å². The molecule has 6 nitrogen and oxygen atoms in total. The topological polar surface area (TPSA) is 92.4 Å². The Bertz CT molecular complexity index is 397. The molecule has 0 radical (unpaired) electrons. The molecule has 82 valence electrons. The molecule has 1 heterocycles. The Morgan fingerprint density at radius 1 is 1.53 bits per heavy atom. The number of nitrogens with zero attached hydrogens (tertiary/aromatic N) is 1. The van der Waals surface area contributed by atoms with E-state index in [9.17, 15) is 9.59 Å². The molecule has 0 aliphatic carbocycles. The highest BCUT2D eigenvalue weighted by atomic mass is 16.5. The largest absolute Gasteiger partial charge is 0.477 e. The molecule has 1 aromatic rings. The number of hydrogen-bond donors (Lipinski definition) is 2. The van der Waals surface area contributed by atoms with Gasteiger partial charge in [-0.3, -0.25) is 4.79 Å². The summed E-state index contributed by atoms with van der Waals surface area (Å²) in [6, 6.07) is -0.505. The fourth-order valence-electron chi connectivity index (χ4n) is 1.31. The summed E-state index contributed by atoms with van der Waals surface area (Å²) in [5, 5.41) is 15.0. The van der Waals surface area contributed by atoms with Crippen LogP contribution in [0.4, 0.5) is 0 Å². The third-order valence-corrected chi connectivity index (χ3v) is 1.92. The second-order valence-corrected chi connectivity index (χ2v) is 3.23. The van der Waals surface area contributed by atoms with Crippen LogP contribution >= 0.6 is 0 Å². The summed E-state index contributed by atoms with van der Waals surface area (Å²) in [6.45, 7) is 4.52. The minimum atomic E-state index is -1.11. The number of carbonyl (C=O) groups excluding carboxylic acids is 1. The first kappa shape index (κ1) is 11.2. The van der Waals surface area contributed by atoms with Gasteiger partial charge in [0.15, 0.2) is 5.76 Å². The monoisotopic (exact) mass is 212 g/mol. The number of aromatic nitrogens is 1. The zero-order valence-corrected chi connectivity index (χ0v) is 8.70. The molecule has 0 aliphatic rings. The van der Waals surface area contributed by atoms with Gasteiger partial charge in [0, 0.05) is 6.92 Å². The first-order chi connectivity index (χ1) is 6.93. The lowest BCUT2D eigenvalue weighted by atomic mass is 10.1. The highest BCUT2D eigenvalue weighted by Gasteiger charge is 2.24. The Hall–Kier alpha value is -1.85. The van der Waals surface area contributed by atoms with E-state index in [-0.39, 0.29) is 17.2 Å². The second-order valence-electron chi connectivity index (χ2n) is 3.23. The van der Waals surface area contributed by atoms with Crippen molar-refractivity contribution in [2.75, 3.05) is 0 Å². The number of carboxylic acids is 1. The van der Waals surface area contributed by atoms with Crippen molar-refractivity contribution >= 4 is 11.9 Å². The van der Waals surface area contributed by atoms with Crippen molar-refractivity contribution in [3.63, 3.8) is 0 Å². The Morgan fingerprint density at radius 2 is 2.13 bits per heavy atom. The molecule has 1 aromatic heterocycles. The fourth-order valence-corrected chi connectivity index (χ4v) is 1.31. The number of carbonyl (C=O) groups is 2. The quantitative estimate of drug-likeness (QED) is 0.775. The van der Waals surface area contributed by atoms with E-state index < -0.39 is 12.0 Å². The van der Waals surface area contributed by atoms with E-state index in [0.717, 1.165) is 0 Å². The van der Waals surface area contributed by atoms with Gasteiger partial charge in [0.1, 0.15) is 5.56 Å². The van der Waals surface area contributed by atoms with E-state index in [1.807, 2.05) is 0 Å². The van der Waals surface area contributed by atoms with Crippen molar-refractivity contribution in [1.29, 1.82) is 0 Å². The van der Waals surface area contributed by atoms with Gasteiger partial charge in [-0.05, 0) is 13.8 Å². The van der Waals surface area contributed by atoms with Gasteiger partial charge >= 0.3 is 5.97 Å². The molecule has 0 saturated heterocycles. The lowest BCUT2D eigenvalue weighted by molar-refractivity contribution is -0.119. The Kier molecular flexibility index (Phi) is 3.08. The predicted molar refractivity (Wildman–Crippen MR) is 50.4 cm³/mol. The molecule has 0 bridgehead atoms. The molecular formula is C9H12N2O4. The van der Waals surface area contributed by atoms with Crippen molar-refractivity contribution in [1.82, 2.24) is 10.5 Å². The van der Waals surface area contributed by atoms with Crippen LogP contribution in [0.3, 0.4) is 0 Å². The summed E-state index contributed by atoms with van der Waals surface area (Å²) >= 11 is 0. The molecule has 6 heteroatoms. The number of aryl methyl sites for hydroxylation is 1. The maximum Gasteiger partial charge on any atom is 0.341 e. The molecule has 0 unspecified atom stereocenters. The Labute approximate surface area is 86.3 Å². The smallest absolute Gasteiger partial charge is 0.341 e. The van der Waals surface area contributed by atoms with Crippen molar-refractivity contribution in [2.45, 2.75) is 26.8 Å². The number of amides is 1. The summed E-state index contributed by atoms with van der Waals surface area (Å²) in [5.41, 5.74) is 0.311. The number of aromatic carboxylic acids is 1. The highest BCUT2D eigenvalue weighted by Crippen LogP contribution is 2.20. The van der Waals surface area contributed by atoms with Gasteiger partial charge in [0.2, 0.25) is 5.91 Å². The van der Waals surface area contributed by atoms with Crippen LogP contribution in [0, 0.1) is 6.92 Å². The molecule has 0 spiro atoms. The number of rotatable bonds is 3.